The van der Waals surface area contributed by atoms with E-state index >= 15 is 0 Å². The first-order valence-electron chi connectivity index (χ1n) is 17.8. The van der Waals surface area contributed by atoms with Gasteiger partial charge in [-0.1, -0.05) is 146 Å². The maximum absolute atomic E-state index is 6.27. The molecule has 2 nitrogen and oxygen atoms in total. The second kappa shape index (κ2) is 12.5. The molecule has 2 heteroatoms. The lowest BCUT2D eigenvalue weighted by Crippen LogP contribution is -2.10. The smallest absolute Gasteiger partial charge is 0.136 e. The Kier molecular flexibility index (Phi) is 7.18. The Bertz CT molecular complexity index is 2870. The highest BCUT2D eigenvalue weighted by Gasteiger charge is 2.18. The van der Waals surface area contributed by atoms with Crippen molar-refractivity contribution in [2.24, 2.45) is 0 Å². The Hall–Kier alpha value is -6.90. The summed E-state index contributed by atoms with van der Waals surface area (Å²) < 4.78 is 6.27. The van der Waals surface area contributed by atoms with Gasteiger partial charge in [0, 0.05) is 27.8 Å². The fourth-order valence-corrected chi connectivity index (χ4v) is 7.68. The molecule has 0 aliphatic rings. The molecule has 1 heterocycles. The fourth-order valence-electron chi connectivity index (χ4n) is 7.68. The summed E-state index contributed by atoms with van der Waals surface area (Å²) in [6.07, 6.45) is 0. The van der Waals surface area contributed by atoms with Gasteiger partial charge in [-0.05, 0) is 110 Å². The highest BCUT2D eigenvalue weighted by atomic mass is 16.3. The first kappa shape index (κ1) is 30.0. The molecule has 0 N–H and O–H groups in total. The number of anilines is 3. The average molecular weight is 664 g/mol. The van der Waals surface area contributed by atoms with Gasteiger partial charge in [0.05, 0.1) is 0 Å². The molecule has 0 radical (unpaired) electrons. The minimum absolute atomic E-state index is 0.913. The highest BCUT2D eigenvalue weighted by Crippen LogP contribution is 2.43. The molecule has 52 heavy (non-hydrogen) atoms. The SMILES string of the molecule is c1ccc(-c2ccc(N(c3ccc(-c4ccccc4)c(-c4ccccc4)c3)c3ccc4ccc5cc6oc7ccccc7c6cc5c4c3)cc2)cc1. The van der Waals surface area contributed by atoms with Crippen molar-refractivity contribution >= 4 is 60.5 Å². The van der Waals surface area contributed by atoms with E-state index in [-0.39, 0.29) is 0 Å². The summed E-state index contributed by atoms with van der Waals surface area (Å²) in [5.41, 5.74) is 12.3. The lowest BCUT2D eigenvalue weighted by atomic mass is 9.93. The van der Waals surface area contributed by atoms with Crippen LogP contribution in [0.15, 0.2) is 205 Å². The summed E-state index contributed by atoms with van der Waals surface area (Å²) in [6.45, 7) is 0. The van der Waals surface area contributed by atoms with Crippen LogP contribution in [0.2, 0.25) is 0 Å². The average Bonchev–Trinajstić information content (AvgIpc) is 3.59. The van der Waals surface area contributed by atoms with Crippen molar-refractivity contribution in [1.29, 1.82) is 0 Å². The van der Waals surface area contributed by atoms with Gasteiger partial charge in [-0.25, -0.2) is 0 Å². The van der Waals surface area contributed by atoms with Crippen LogP contribution in [0.4, 0.5) is 17.1 Å². The highest BCUT2D eigenvalue weighted by molar-refractivity contribution is 6.17. The number of fused-ring (bicyclic) bond motifs is 6. The third-order valence-corrected chi connectivity index (χ3v) is 10.2. The second-order valence-electron chi connectivity index (χ2n) is 13.3. The fraction of sp³-hybridized carbons (Fsp3) is 0. The van der Waals surface area contributed by atoms with E-state index in [4.69, 9.17) is 4.42 Å². The van der Waals surface area contributed by atoms with Crippen LogP contribution in [-0.2, 0) is 0 Å². The quantitative estimate of drug-likeness (QED) is 0.165. The molecule has 0 aliphatic carbocycles. The van der Waals surface area contributed by atoms with E-state index in [2.05, 4.69) is 193 Å². The lowest BCUT2D eigenvalue weighted by Gasteiger charge is -2.27. The molecule has 9 aromatic carbocycles. The number of furan rings is 1. The maximum Gasteiger partial charge on any atom is 0.136 e. The molecule has 0 fully saturated rings. The third-order valence-electron chi connectivity index (χ3n) is 10.2. The number of hydrogen-bond acceptors (Lipinski definition) is 2. The van der Waals surface area contributed by atoms with Crippen LogP contribution >= 0.6 is 0 Å². The summed E-state index contributed by atoms with van der Waals surface area (Å²) in [7, 11) is 0. The topological polar surface area (TPSA) is 16.4 Å². The molecule has 0 bridgehead atoms. The van der Waals surface area contributed by atoms with Crippen LogP contribution in [0.3, 0.4) is 0 Å². The van der Waals surface area contributed by atoms with Gasteiger partial charge in [0.1, 0.15) is 11.2 Å². The third kappa shape index (κ3) is 5.21. The van der Waals surface area contributed by atoms with E-state index in [1.165, 1.54) is 49.5 Å². The zero-order chi connectivity index (χ0) is 34.4. The van der Waals surface area contributed by atoms with Crippen molar-refractivity contribution in [3.63, 3.8) is 0 Å². The molecule has 0 spiro atoms. The first-order valence-corrected chi connectivity index (χ1v) is 17.8. The van der Waals surface area contributed by atoms with Crippen LogP contribution in [-0.4, -0.2) is 0 Å². The van der Waals surface area contributed by atoms with Crippen molar-refractivity contribution < 1.29 is 4.42 Å². The van der Waals surface area contributed by atoms with Crippen LogP contribution in [0.5, 0.6) is 0 Å². The summed E-state index contributed by atoms with van der Waals surface area (Å²) in [5.74, 6) is 0. The number of benzene rings is 9. The van der Waals surface area contributed by atoms with Crippen molar-refractivity contribution in [2.75, 3.05) is 4.90 Å². The molecule has 10 aromatic rings. The van der Waals surface area contributed by atoms with Crippen molar-refractivity contribution in [3.8, 4) is 33.4 Å². The van der Waals surface area contributed by atoms with E-state index in [0.717, 1.165) is 44.4 Å². The Morgan fingerprint density at radius 3 is 1.58 bits per heavy atom. The molecular formula is C50H33NO. The van der Waals surface area contributed by atoms with E-state index in [1.54, 1.807) is 0 Å². The van der Waals surface area contributed by atoms with Crippen molar-refractivity contribution in [2.45, 2.75) is 0 Å². The van der Waals surface area contributed by atoms with E-state index in [0.29, 0.717) is 0 Å². The van der Waals surface area contributed by atoms with Crippen molar-refractivity contribution in [3.05, 3.63) is 200 Å². The maximum atomic E-state index is 6.27. The van der Waals surface area contributed by atoms with Crippen LogP contribution in [0.25, 0.3) is 76.9 Å². The van der Waals surface area contributed by atoms with Gasteiger partial charge in [-0.2, -0.15) is 0 Å². The zero-order valence-corrected chi connectivity index (χ0v) is 28.4. The Labute approximate surface area is 302 Å². The molecule has 1 aromatic heterocycles. The summed E-state index contributed by atoms with van der Waals surface area (Å²) in [6, 6.07) is 71.8. The Balaban J connectivity index is 1.19. The summed E-state index contributed by atoms with van der Waals surface area (Å²) >= 11 is 0. The van der Waals surface area contributed by atoms with E-state index < -0.39 is 0 Å². The molecule has 0 amide bonds. The van der Waals surface area contributed by atoms with Gasteiger partial charge in [0.15, 0.2) is 0 Å². The number of para-hydroxylation sites is 1. The molecule has 244 valence electrons. The van der Waals surface area contributed by atoms with Gasteiger partial charge < -0.3 is 9.32 Å². The minimum Gasteiger partial charge on any atom is -0.456 e. The monoisotopic (exact) mass is 663 g/mol. The number of rotatable bonds is 6. The van der Waals surface area contributed by atoms with Gasteiger partial charge in [0.25, 0.3) is 0 Å². The molecule has 0 unspecified atom stereocenters. The second-order valence-corrected chi connectivity index (χ2v) is 13.3. The molecule has 0 saturated carbocycles. The predicted molar refractivity (Wildman–Crippen MR) is 220 cm³/mol. The Morgan fingerprint density at radius 1 is 0.288 bits per heavy atom. The van der Waals surface area contributed by atoms with E-state index in [9.17, 15) is 0 Å². The largest absolute Gasteiger partial charge is 0.456 e. The minimum atomic E-state index is 0.913. The Morgan fingerprint density at radius 2 is 0.827 bits per heavy atom. The van der Waals surface area contributed by atoms with E-state index in [1.807, 2.05) is 12.1 Å². The van der Waals surface area contributed by atoms with Gasteiger partial charge in [-0.15, -0.1) is 0 Å². The number of hydrogen-bond donors (Lipinski definition) is 0. The molecule has 0 aliphatic heterocycles. The standard InChI is InChI=1S/C50H33NO/c1-4-12-34(13-5-1)35-22-25-40(26-23-35)51(42-28-29-43(36-14-6-2-7-15-36)45(31-42)37-16-8-3-9-17-37)41-27-24-38-20-21-39-30-50-48(33-47(39)46(38)32-41)44-18-10-11-19-49(44)52-50/h1-33H. The van der Waals surface area contributed by atoms with Crippen LogP contribution in [0.1, 0.15) is 0 Å². The molecule has 0 saturated heterocycles. The number of nitrogens with zero attached hydrogens (tertiary/aromatic N) is 1. The van der Waals surface area contributed by atoms with Crippen LogP contribution in [0, 0.1) is 0 Å². The molecule has 0 atom stereocenters. The van der Waals surface area contributed by atoms with Gasteiger partial charge in [0.2, 0.25) is 0 Å². The first-order chi connectivity index (χ1) is 25.8. The zero-order valence-electron chi connectivity index (χ0n) is 28.4. The lowest BCUT2D eigenvalue weighted by molar-refractivity contribution is 0.669. The van der Waals surface area contributed by atoms with Gasteiger partial charge >= 0.3 is 0 Å². The summed E-state index contributed by atoms with van der Waals surface area (Å²) in [4.78, 5) is 2.39. The normalized spacial score (nSPS) is 11.5. The predicted octanol–water partition coefficient (Wildman–Crippen LogP) is 14.4. The van der Waals surface area contributed by atoms with Crippen molar-refractivity contribution in [1.82, 2.24) is 0 Å². The van der Waals surface area contributed by atoms with Gasteiger partial charge in [-0.3, -0.25) is 0 Å². The van der Waals surface area contributed by atoms with Crippen LogP contribution < -0.4 is 4.90 Å². The summed E-state index contributed by atoms with van der Waals surface area (Å²) in [5, 5.41) is 7.05. The molecule has 10 rings (SSSR count). The molecular weight excluding hydrogens is 631 g/mol.